The molecule has 1 N–H and O–H groups in total. The highest BCUT2D eigenvalue weighted by atomic mass is 16.5. The Labute approximate surface area is 105 Å². The Morgan fingerprint density at radius 2 is 1.94 bits per heavy atom. The number of hydrogen-bond acceptors (Lipinski definition) is 5. The normalized spacial score (nSPS) is 10.3. The summed E-state index contributed by atoms with van der Waals surface area (Å²) in [5, 5.41) is 8.43. The van der Waals surface area contributed by atoms with Crippen molar-refractivity contribution in [2.24, 2.45) is 0 Å². The number of benzene rings is 1. The van der Waals surface area contributed by atoms with Gasteiger partial charge in [0.25, 0.3) is 0 Å². The van der Waals surface area contributed by atoms with Gasteiger partial charge in [0.05, 0.1) is 7.11 Å². The van der Waals surface area contributed by atoms with Gasteiger partial charge in [0, 0.05) is 6.08 Å². The second-order valence-corrected chi connectivity index (χ2v) is 3.41. The average molecular weight is 250 g/mol. The van der Waals surface area contributed by atoms with Crippen LogP contribution in [0.25, 0.3) is 6.08 Å². The smallest absolute Gasteiger partial charge is 0.331 e. The molecule has 0 atom stereocenters. The van der Waals surface area contributed by atoms with Crippen LogP contribution in [0.4, 0.5) is 0 Å². The minimum atomic E-state index is -0.632. The maximum Gasteiger partial charge on any atom is 0.331 e. The molecule has 0 spiro atoms. The SMILES string of the molecule is COc1ccc(/C=C/C(=O)OCC(=O)CO)cc1. The number of carbonyl (C=O) groups excluding carboxylic acids is 2. The second-order valence-electron chi connectivity index (χ2n) is 3.41. The van der Waals surface area contributed by atoms with E-state index in [4.69, 9.17) is 9.84 Å². The number of methoxy groups -OCH3 is 1. The highest BCUT2D eigenvalue weighted by molar-refractivity contribution is 5.89. The number of ether oxygens (including phenoxy) is 2. The lowest BCUT2D eigenvalue weighted by molar-refractivity contribution is -0.143. The molecular weight excluding hydrogens is 236 g/mol. The molecule has 5 heteroatoms. The van der Waals surface area contributed by atoms with Crippen molar-refractivity contribution in [3.05, 3.63) is 35.9 Å². The molecule has 0 aromatic heterocycles. The second kappa shape index (κ2) is 7.24. The summed E-state index contributed by atoms with van der Waals surface area (Å²) >= 11 is 0. The van der Waals surface area contributed by atoms with Crippen LogP contribution in [-0.2, 0) is 14.3 Å². The third-order valence-corrected chi connectivity index (χ3v) is 2.08. The van der Waals surface area contributed by atoms with Crippen LogP contribution >= 0.6 is 0 Å². The van der Waals surface area contributed by atoms with Gasteiger partial charge in [-0.05, 0) is 23.8 Å². The van der Waals surface area contributed by atoms with Crippen LogP contribution in [0.5, 0.6) is 5.75 Å². The number of Topliss-reactive ketones (excluding diaryl/α,β-unsaturated/α-hetero) is 1. The van der Waals surface area contributed by atoms with Crippen molar-refractivity contribution in [1.82, 2.24) is 0 Å². The first-order valence-corrected chi connectivity index (χ1v) is 5.27. The maximum absolute atomic E-state index is 11.2. The molecule has 0 aliphatic heterocycles. The lowest BCUT2D eigenvalue weighted by atomic mass is 10.2. The Bertz CT molecular complexity index is 433. The van der Waals surface area contributed by atoms with Crippen molar-refractivity contribution in [3.8, 4) is 5.75 Å². The molecule has 18 heavy (non-hydrogen) atoms. The van der Waals surface area contributed by atoms with Crippen LogP contribution in [0.1, 0.15) is 5.56 Å². The summed E-state index contributed by atoms with van der Waals surface area (Å²) in [6.07, 6.45) is 2.78. The predicted molar refractivity (Wildman–Crippen MR) is 65.1 cm³/mol. The van der Waals surface area contributed by atoms with Crippen molar-refractivity contribution in [2.45, 2.75) is 0 Å². The first kappa shape index (κ1) is 13.9. The van der Waals surface area contributed by atoms with Gasteiger partial charge in [-0.25, -0.2) is 4.79 Å². The first-order valence-electron chi connectivity index (χ1n) is 5.27. The summed E-state index contributed by atoms with van der Waals surface area (Å²) in [7, 11) is 1.57. The summed E-state index contributed by atoms with van der Waals surface area (Å²) < 4.78 is 9.60. The number of hydrogen-bond donors (Lipinski definition) is 1. The summed E-state index contributed by atoms with van der Waals surface area (Å²) in [4.78, 5) is 21.9. The van der Waals surface area contributed by atoms with Crippen molar-refractivity contribution in [3.63, 3.8) is 0 Å². The van der Waals surface area contributed by atoms with E-state index in [-0.39, 0.29) is 0 Å². The molecule has 0 radical (unpaired) electrons. The lowest BCUT2D eigenvalue weighted by Gasteiger charge is -2.00. The van der Waals surface area contributed by atoms with Crippen molar-refractivity contribution in [2.75, 3.05) is 20.3 Å². The number of esters is 1. The van der Waals surface area contributed by atoms with E-state index >= 15 is 0 Å². The quantitative estimate of drug-likeness (QED) is 0.597. The van der Waals surface area contributed by atoms with Crippen LogP contribution < -0.4 is 4.74 Å². The van der Waals surface area contributed by atoms with Gasteiger partial charge in [0.1, 0.15) is 12.4 Å². The number of carbonyl (C=O) groups is 2. The number of aliphatic hydroxyl groups excluding tert-OH is 1. The maximum atomic E-state index is 11.2. The summed E-state index contributed by atoms with van der Waals surface area (Å²) in [5.74, 6) is -0.447. The van der Waals surface area contributed by atoms with Gasteiger partial charge in [-0.3, -0.25) is 4.79 Å². The molecule has 96 valence electrons. The van der Waals surface area contributed by atoms with Crippen molar-refractivity contribution >= 4 is 17.8 Å². The molecule has 0 aliphatic rings. The fraction of sp³-hybridized carbons (Fsp3) is 0.231. The molecule has 1 aromatic carbocycles. The molecular formula is C13H14O5. The lowest BCUT2D eigenvalue weighted by Crippen LogP contribution is -2.15. The Balaban J connectivity index is 2.47. The summed E-state index contributed by atoms with van der Waals surface area (Å²) in [6.45, 7) is -1.04. The van der Waals surface area contributed by atoms with E-state index < -0.39 is 25.0 Å². The van der Waals surface area contributed by atoms with E-state index in [9.17, 15) is 9.59 Å². The van der Waals surface area contributed by atoms with E-state index in [1.165, 1.54) is 6.08 Å². The van der Waals surface area contributed by atoms with E-state index in [0.29, 0.717) is 0 Å². The Kier molecular flexibility index (Phi) is 5.60. The molecule has 0 aliphatic carbocycles. The molecule has 0 unspecified atom stereocenters. The first-order chi connectivity index (χ1) is 8.65. The molecule has 0 amide bonds. The van der Waals surface area contributed by atoms with Crippen LogP contribution in [0, 0.1) is 0 Å². The van der Waals surface area contributed by atoms with E-state index in [0.717, 1.165) is 11.3 Å². The summed E-state index contributed by atoms with van der Waals surface area (Å²) in [6, 6.07) is 7.09. The zero-order chi connectivity index (χ0) is 13.4. The zero-order valence-corrected chi connectivity index (χ0v) is 9.96. The molecule has 0 bridgehead atoms. The summed E-state index contributed by atoms with van der Waals surface area (Å²) in [5.41, 5.74) is 0.807. The predicted octanol–water partition coefficient (Wildman–Crippen LogP) is 0.813. The Morgan fingerprint density at radius 1 is 1.28 bits per heavy atom. The van der Waals surface area contributed by atoms with Gasteiger partial charge >= 0.3 is 5.97 Å². The molecule has 1 aromatic rings. The monoisotopic (exact) mass is 250 g/mol. The van der Waals surface area contributed by atoms with Crippen LogP contribution in [0.3, 0.4) is 0 Å². The molecule has 0 saturated carbocycles. The van der Waals surface area contributed by atoms with E-state index in [1.807, 2.05) is 0 Å². The van der Waals surface area contributed by atoms with Crippen LogP contribution in [0.15, 0.2) is 30.3 Å². The standard InChI is InChI=1S/C13H14O5/c1-17-12-5-2-10(3-6-12)4-7-13(16)18-9-11(15)8-14/h2-7,14H,8-9H2,1H3/b7-4+. The third kappa shape index (κ3) is 4.80. The van der Waals surface area contributed by atoms with Gasteiger partial charge in [-0.1, -0.05) is 12.1 Å². The molecule has 0 fully saturated rings. The highest BCUT2D eigenvalue weighted by Gasteiger charge is 2.02. The number of aliphatic hydroxyl groups is 1. The topological polar surface area (TPSA) is 72.8 Å². The van der Waals surface area contributed by atoms with Crippen LogP contribution in [-0.4, -0.2) is 37.2 Å². The van der Waals surface area contributed by atoms with Gasteiger partial charge in [-0.15, -0.1) is 0 Å². The fourth-order valence-electron chi connectivity index (χ4n) is 1.12. The van der Waals surface area contributed by atoms with Crippen molar-refractivity contribution in [1.29, 1.82) is 0 Å². The van der Waals surface area contributed by atoms with Crippen LogP contribution in [0.2, 0.25) is 0 Å². The van der Waals surface area contributed by atoms with Gasteiger partial charge in [0.2, 0.25) is 0 Å². The third-order valence-electron chi connectivity index (χ3n) is 2.08. The minimum Gasteiger partial charge on any atom is -0.497 e. The van der Waals surface area contributed by atoms with Gasteiger partial charge < -0.3 is 14.6 Å². The Hall–Kier alpha value is -2.14. The van der Waals surface area contributed by atoms with Crippen molar-refractivity contribution < 1.29 is 24.2 Å². The van der Waals surface area contributed by atoms with Gasteiger partial charge in [0.15, 0.2) is 12.4 Å². The fourth-order valence-corrected chi connectivity index (χ4v) is 1.12. The van der Waals surface area contributed by atoms with E-state index in [2.05, 4.69) is 4.74 Å². The average Bonchev–Trinajstić information content (AvgIpc) is 2.42. The molecule has 0 saturated heterocycles. The molecule has 0 heterocycles. The Morgan fingerprint density at radius 3 is 2.50 bits per heavy atom. The zero-order valence-electron chi connectivity index (χ0n) is 9.96. The molecule has 5 nitrogen and oxygen atoms in total. The highest BCUT2D eigenvalue weighted by Crippen LogP contribution is 2.12. The van der Waals surface area contributed by atoms with Gasteiger partial charge in [-0.2, -0.15) is 0 Å². The molecule has 1 rings (SSSR count). The minimum absolute atomic E-state index is 0.414. The number of rotatable bonds is 6. The number of ketones is 1. The largest absolute Gasteiger partial charge is 0.497 e. The van der Waals surface area contributed by atoms with E-state index in [1.54, 1.807) is 37.5 Å².